The van der Waals surface area contributed by atoms with Gasteiger partial charge < -0.3 is 16.2 Å². The second-order valence-electron chi connectivity index (χ2n) is 5.77. The van der Waals surface area contributed by atoms with Gasteiger partial charge in [0.15, 0.2) is 0 Å². The third-order valence-electron chi connectivity index (χ3n) is 4.07. The van der Waals surface area contributed by atoms with Crippen LogP contribution in [0.4, 0.5) is 11.6 Å². The van der Waals surface area contributed by atoms with Gasteiger partial charge in [0.25, 0.3) is 0 Å². The van der Waals surface area contributed by atoms with Gasteiger partial charge in [0.2, 0.25) is 0 Å². The number of nitrogens with two attached hydrogens (primary N) is 2. The van der Waals surface area contributed by atoms with Crippen molar-refractivity contribution < 1.29 is 4.74 Å². The minimum Gasteiger partial charge on any atom is -0.497 e. The van der Waals surface area contributed by atoms with E-state index >= 15 is 0 Å². The number of hydrogen-bond acceptors (Lipinski definition) is 4. The van der Waals surface area contributed by atoms with E-state index in [2.05, 4.69) is 29.2 Å². The highest BCUT2D eigenvalue weighted by Crippen LogP contribution is 2.32. The van der Waals surface area contributed by atoms with E-state index in [4.69, 9.17) is 16.2 Å². The van der Waals surface area contributed by atoms with Gasteiger partial charge in [0.05, 0.1) is 7.11 Å². The molecule has 1 atom stereocenters. The molecule has 3 rings (SSSR count). The zero-order valence-corrected chi connectivity index (χ0v) is 13.6. The lowest BCUT2D eigenvalue weighted by atomic mass is 9.86. The lowest BCUT2D eigenvalue weighted by Gasteiger charge is -2.20. The Bertz CT molecular complexity index is 798. The van der Waals surface area contributed by atoms with Crippen LogP contribution in [-0.4, -0.2) is 12.1 Å². The molecule has 2 aromatic carbocycles. The first kappa shape index (κ1) is 15.9. The molecular weight excluding hydrogens is 298 g/mol. The normalized spacial score (nSPS) is 11.9. The van der Waals surface area contributed by atoms with Gasteiger partial charge in [-0.15, -0.1) is 0 Å². The summed E-state index contributed by atoms with van der Waals surface area (Å²) in [7, 11) is 1.67. The van der Waals surface area contributed by atoms with Gasteiger partial charge in [-0.1, -0.05) is 42.5 Å². The fraction of sp³-hybridized carbons (Fsp3) is 0.150. The van der Waals surface area contributed by atoms with Crippen LogP contribution in [0.5, 0.6) is 5.75 Å². The first-order valence-electron chi connectivity index (χ1n) is 7.86. The molecule has 0 saturated carbocycles. The van der Waals surface area contributed by atoms with Crippen molar-refractivity contribution in [2.24, 2.45) is 0 Å². The first-order valence-corrected chi connectivity index (χ1v) is 7.86. The van der Waals surface area contributed by atoms with E-state index in [0.29, 0.717) is 11.6 Å². The molecule has 0 radical (unpaired) electrons. The van der Waals surface area contributed by atoms with Crippen molar-refractivity contribution in [2.45, 2.75) is 12.3 Å². The molecule has 0 amide bonds. The molecule has 4 nitrogen and oxygen atoms in total. The first-order chi connectivity index (χ1) is 11.7. The van der Waals surface area contributed by atoms with Gasteiger partial charge in [-0.05, 0) is 47.4 Å². The predicted molar refractivity (Wildman–Crippen MR) is 98.0 cm³/mol. The van der Waals surface area contributed by atoms with Crippen molar-refractivity contribution in [2.75, 3.05) is 18.6 Å². The molecule has 0 aliphatic rings. The topological polar surface area (TPSA) is 74.2 Å². The van der Waals surface area contributed by atoms with E-state index in [9.17, 15) is 0 Å². The van der Waals surface area contributed by atoms with Gasteiger partial charge in [0.1, 0.15) is 17.4 Å². The summed E-state index contributed by atoms with van der Waals surface area (Å²) in [6.07, 6.45) is 0.844. The summed E-state index contributed by atoms with van der Waals surface area (Å²) in [4.78, 5) is 4.08. The average Bonchev–Trinajstić information content (AvgIpc) is 2.60. The molecule has 0 spiro atoms. The summed E-state index contributed by atoms with van der Waals surface area (Å²) in [5, 5.41) is 0. The number of pyridine rings is 1. The number of anilines is 2. The number of aromatic nitrogens is 1. The summed E-state index contributed by atoms with van der Waals surface area (Å²) in [6.45, 7) is 0. The van der Waals surface area contributed by atoms with E-state index < -0.39 is 0 Å². The van der Waals surface area contributed by atoms with Crippen molar-refractivity contribution >= 4 is 11.6 Å². The minimum absolute atomic E-state index is 0.120. The van der Waals surface area contributed by atoms with Crippen LogP contribution in [-0.2, 0) is 6.42 Å². The fourth-order valence-electron chi connectivity index (χ4n) is 2.93. The summed E-state index contributed by atoms with van der Waals surface area (Å²) < 4.78 is 5.38. The Morgan fingerprint density at radius 2 is 1.58 bits per heavy atom. The van der Waals surface area contributed by atoms with Crippen molar-refractivity contribution in [3.05, 3.63) is 83.4 Å². The van der Waals surface area contributed by atoms with Crippen LogP contribution in [0.2, 0.25) is 0 Å². The molecule has 0 saturated heterocycles. The summed E-state index contributed by atoms with van der Waals surface area (Å²) in [5.41, 5.74) is 15.3. The molecule has 0 aliphatic carbocycles. The van der Waals surface area contributed by atoms with Crippen molar-refractivity contribution in [1.29, 1.82) is 0 Å². The molecule has 1 heterocycles. The van der Waals surface area contributed by atoms with Crippen LogP contribution in [0.25, 0.3) is 0 Å². The van der Waals surface area contributed by atoms with Crippen LogP contribution in [0.15, 0.2) is 66.7 Å². The number of methoxy groups -OCH3 is 1. The number of ether oxygens (including phenoxy) is 1. The SMILES string of the molecule is COc1cccc(C(Cc2ccccc2)c2cc(N)nc(N)c2)c1. The molecule has 0 fully saturated rings. The number of nitrogens with zero attached hydrogens (tertiary/aromatic N) is 1. The highest BCUT2D eigenvalue weighted by atomic mass is 16.5. The molecule has 3 aromatic rings. The second kappa shape index (κ2) is 7.04. The monoisotopic (exact) mass is 319 g/mol. The molecule has 1 unspecified atom stereocenters. The van der Waals surface area contributed by atoms with Crippen molar-refractivity contribution in [1.82, 2.24) is 4.98 Å². The zero-order chi connectivity index (χ0) is 16.9. The molecule has 4 N–H and O–H groups in total. The summed E-state index contributed by atoms with van der Waals surface area (Å²) >= 11 is 0. The number of nitrogen functional groups attached to an aromatic ring is 2. The van der Waals surface area contributed by atoms with E-state index in [1.54, 1.807) is 7.11 Å². The van der Waals surface area contributed by atoms with E-state index in [1.165, 1.54) is 5.56 Å². The van der Waals surface area contributed by atoms with Crippen LogP contribution >= 0.6 is 0 Å². The third-order valence-corrected chi connectivity index (χ3v) is 4.07. The second-order valence-corrected chi connectivity index (χ2v) is 5.77. The molecule has 0 bridgehead atoms. The Labute approximate surface area is 142 Å². The Balaban J connectivity index is 2.05. The Kier molecular flexibility index (Phi) is 4.66. The highest BCUT2D eigenvalue weighted by Gasteiger charge is 2.17. The molecule has 24 heavy (non-hydrogen) atoms. The van der Waals surface area contributed by atoms with Gasteiger partial charge >= 0.3 is 0 Å². The maximum atomic E-state index is 5.91. The van der Waals surface area contributed by atoms with Crippen molar-refractivity contribution in [3.63, 3.8) is 0 Å². The highest BCUT2D eigenvalue weighted by molar-refractivity contribution is 5.48. The lowest BCUT2D eigenvalue weighted by Crippen LogP contribution is -2.08. The summed E-state index contributed by atoms with van der Waals surface area (Å²) in [6, 6.07) is 22.3. The molecule has 4 heteroatoms. The molecular formula is C20H21N3O. The van der Waals surface area contributed by atoms with E-state index in [1.807, 2.05) is 42.5 Å². The smallest absolute Gasteiger partial charge is 0.126 e. The Morgan fingerprint density at radius 1 is 0.875 bits per heavy atom. The van der Waals surface area contributed by atoms with Crippen molar-refractivity contribution in [3.8, 4) is 5.75 Å². The van der Waals surface area contributed by atoms with Crippen LogP contribution < -0.4 is 16.2 Å². The van der Waals surface area contributed by atoms with E-state index in [-0.39, 0.29) is 5.92 Å². The fourth-order valence-corrected chi connectivity index (χ4v) is 2.93. The quantitative estimate of drug-likeness (QED) is 0.753. The van der Waals surface area contributed by atoms with Gasteiger partial charge in [-0.2, -0.15) is 0 Å². The molecule has 1 aromatic heterocycles. The van der Waals surface area contributed by atoms with Crippen LogP contribution in [0, 0.1) is 0 Å². The van der Waals surface area contributed by atoms with Gasteiger partial charge in [0, 0.05) is 5.92 Å². The standard InChI is InChI=1S/C20H21N3O/c1-24-17-9-5-8-15(11-17)18(10-14-6-3-2-4-7-14)16-12-19(21)23-20(22)13-16/h2-9,11-13,18H,10H2,1H3,(H4,21,22,23). The minimum atomic E-state index is 0.120. The third kappa shape index (κ3) is 3.66. The Morgan fingerprint density at radius 3 is 2.25 bits per heavy atom. The maximum absolute atomic E-state index is 5.91. The average molecular weight is 319 g/mol. The largest absolute Gasteiger partial charge is 0.497 e. The number of rotatable bonds is 5. The van der Waals surface area contributed by atoms with Gasteiger partial charge in [-0.25, -0.2) is 4.98 Å². The number of hydrogen-bond donors (Lipinski definition) is 2. The Hall–Kier alpha value is -3.01. The maximum Gasteiger partial charge on any atom is 0.126 e. The van der Waals surface area contributed by atoms with E-state index in [0.717, 1.165) is 23.3 Å². The lowest BCUT2D eigenvalue weighted by molar-refractivity contribution is 0.414. The number of benzene rings is 2. The van der Waals surface area contributed by atoms with Gasteiger partial charge in [-0.3, -0.25) is 0 Å². The molecule has 122 valence electrons. The van der Waals surface area contributed by atoms with Crippen LogP contribution in [0.3, 0.4) is 0 Å². The zero-order valence-electron chi connectivity index (χ0n) is 13.6. The molecule has 0 aliphatic heterocycles. The predicted octanol–water partition coefficient (Wildman–Crippen LogP) is 3.63. The summed E-state index contributed by atoms with van der Waals surface area (Å²) in [5.74, 6) is 1.83. The van der Waals surface area contributed by atoms with Crippen LogP contribution in [0.1, 0.15) is 22.6 Å².